The molecular formula is C19H31N7O3P+. The van der Waals surface area contributed by atoms with Crippen LogP contribution in [0.1, 0.15) is 53.2 Å². The Balaban J connectivity index is 1.68. The van der Waals surface area contributed by atoms with Crippen LogP contribution in [0.25, 0.3) is 11.2 Å². The van der Waals surface area contributed by atoms with Crippen LogP contribution in [0.5, 0.6) is 0 Å². The zero-order chi connectivity index (χ0) is 21.9. The van der Waals surface area contributed by atoms with Gasteiger partial charge in [0.05, 0.1) is 24.9 Å². The number of hydrogen-bond donors (Lipinski definition) is 2. The third-order valence-electron chi connectivity index (χ3n) is 5.18. The van der Waals surface area contributed by atoms with Gasteiger partial charge in [-0.1, -0.05) is 0 Å². The second-order valence-electron chi connectivity index (χ2n) is 8.03. The summed E-state index contributed by atoms with van der Waals surface area (Å²) in [7, 11) is -2.91. The second-order valence-corrected chi connectivity index (χ2v) is 10.5. The Morgan fingerprint density at radius 3 is 2.73 bits per heavy atom. The average molecular weight is 436 g/mol. The number of nitrogens with two attached hydrogens (primary N) is 1. The summed E-state index contributed by atoms with van der Waals surface area (Å²) in [5.41, 5.74) is 7.06. The van der Waals surface area contributed by atoms with E-state index in [1.165, 1.54) is 6.33 Å². The third-order valence-corrected chi connectivity index (χ3v) is 8.20. The van der Waals surface area contributed by atoms with Crippen molar-refractivity contribution in [2.45, 2.75) is 71.4 Å². The molecule has 1 unspecified atom stereocenters. The number of nitrogen functional groups attached to an aromatic ring is 1. The molecule has 3 rings (SSSR count). The first-order chi connectivity index (χ1) is 14.3. The molecule has 10 nitrogen and oxygen atoms in total. The first-order valence-electron chi connectivity index (χ1n) is 10.3. The smallest absolute Gasteiger partial charge is 0.346 e. The Kier molecular flexibility index (Phi) is 7.22. The zero-order valence-corrected chi connectivity index (χ0v) is 18.9. The maximum atomic E-state index is 11.4. The first-order valence-corrected chi connectivity index (χ1v) is 12.1. The molecule has 164 valence electrons. The number of nitriles is 1. The Bertz CT molecular complexity index is 892. The van der Waals surface area contributed by atoms with Crippen LogP contribution in [0, 0.1) is 11.3 Å². The summed E-state index contributed by atoms with van der Waals surface area (Å²) in [4.78, 5) is 23.9. The Labute approximate surface area is 177 Å². The van der Waals surface area contributed by atoms with Gasteiger partial charge in [-0.2, -0.15) is 9.79 Å². The molecule has 0 bridgehead atoms. The van der Waals surface area contributed by atoms with Crippen molar-refractivity contribution >= 4 is 24.8 Å². The highest BCUT2D eigenvalue weighted by Crippen LogP contribution is 2.61. The molecule has 3 N–H and O–H groups in total. The predicted molar refractivity (Wildman–Crippen MR) is 115 cm³/mol. The highest BCUT2D eigenvalue weighted by atomic mass is 31.2. The Hall–Kier alpha value is -1.89. The van der Waals surface area contributed by atoms with Crippen molar-refractivity contribution in [2.24, 2.45) is 0 Å². The molecule has 2 aromatic heterocycles. The molecule has 0 amide bonds. The van der Waals surface area contributed by atoms with Crippen LogP contribution in [0.15, 0.2) is 12.7 Å². The fourth-order valence-corrected chi connectivity index (χ4v) is 6.79. The number of ether oxygens (including phenoxy) is 1. The van der Waals surface area contributed by atoms with Crippen LogP contribution in [0.3, 0.4) is 0 Å². The summed E-state index contributed by atoms with van der Waals surface area (Å²) in [5.74, 6) is 0.339. The monoisotopic (exact) mass is 436 g/mol. The highest BCUT2D eigenvalue weighted by molar-refractivity contribution is 7.63. The van der Waals surface area contributed by atoms with Crippen molar-refractivity contribution in [2.75, 3.05) is 18.5 Å². The van der Waals surface area contributed by atoms with Crippen molar-refractivity contribution in [3.05, 3.63) is 12.7 Å². The van der Waals surface area contributed by atoms with Crippen LogP contribution in [0.2, 0.25) is 0 Å². The van der Waals surface area contributed by atoms with E-state index in [-0.39, 0.29) is 37.4 Å². The lowest BCUT2D eigenvalue weighted by atomic mass is 10.2. The van der Waals surface area contributed by atoms with E-state index in [1.807, 2.05) is 36.9 Å². The standard InChI is InChI=1S/C19H31N7O3P/c1-13(2)26(14(3)4)30(27,9-5-8-20)28-10-15-6-7-16(29-15)25-12-24-17-18(21)22-11-23-19(17)25/h11-16,27H,5-7,9-10H2,1-4H3,(H2,21,22,23)/q+1/t15-,16+,30?/m0/s1. The Morgan fingerprint density at radius 1 is 1.33 bits per heavy atom. The van der Waals surface area contributed by atoms with Crippen molar-refractivity contribution in [3.63, 3.8) is 0 Å². The van der Waals surface area contributed by atoms with Gasteiger partial charge in [0.15, 0.2) is 11.5 Å². The molecule has 30 heavy (non-hydrogen) atoms. The van der Waals surface area contributed by atoms with E-state index in [1.54, 1.807) is 6.33 Å². The lowest BCUT2D eigenvalue weighted by Gasteiger charge is -2.35. The van der Waals surface area contributed by atoms with Crippen molar-refractivity contribution in [1.29, 1.82) is 5.26 Å². The van der Waals surface area contributed by atoms with Gasteiger partial charge in [-0.3, -0.25) is 4.57 Å². The summed E-state index contributed by atoms with van der Waals surface area (Å²) in [6.45, 7) is 8.38. The van der Waals surface area contributed by atoms with Crippen LogP contribution < -0.4 is 5.73 Å². The normalized spacial score (nSPS) is 21.6. The van der Waals surface area contributed by atoms with Crippen LogP contribution >= 0.6 is 7.87 Å². The highest BCUT2D eigenvalue weighted by Gasteiger charge is 2.49. The molecule has 1 fully saturated rings. The van der Waals surface area contributed by atoms with Gasteiger partial charge in [0.25, 0.3) is 0 Å². The quantitative estimate of drug-likeness (QED) is 0.569. The predicted octanol–water partition coefficient (Wildman–Crippen LogP) is 2.89. The summed E-state index contributed by atoms with van der Waals surface area (Å²) in [6, 6.07) is 2.33. The van der Waals surface area contributed by atoms with Gasteiger partial charge in [-0.25, -0.2) is 19.8 Å². The minimum atomic E-state index is -2.91. The minimum absolute atomic E-state index is 0.0988. The number of rotatable bonds is 9. The number of aromatic nitrogens is 4. The van der Waals surface area contributed by atoms with Gasteiger partial charge in [0, 0.05) is 12.1 Å². The number of nitrogens with zero attached hydrogens (tertiary/aromatic N) is 6. The molecule has 1 aliphatic heterocycles. The van der Waals surface area contributed by atoms with E-state index in [9.17, 15) is 4.89 Å². The Morgan fingerprint density at radius 2 is 2.07 bits per heavy atom. The van der Waals surface area contributed by atoms with Crippen LogP contribution in [-0.2, 0) is 9.26 Å². The van der Waals surface area contributed by atoms with E-state index < -0.39 is 7.87 Å². The molecule has 1 saturated heterocycles. The number of fused-ring (bicyclic) bond motifs is 1. The molecule has 0 aliphatic carbocycles. The van der Waals surface area contributed by atoms with Crippen LogP contribution in [-0.4, -0.2) is 60.0 Å². The first kappa shape index (κ1) is 22.8. The van der Waals surface area contributed by atoms with Gasteiger partial charge in [-0.05, 0) is 40.5 Å². The van der Waals surface area contributed by atoms with Gasteiger partial charge in [0.1, 0.15) is 30.8 Å². The third kappa shape index (κ3) is 4.71. The number of hydrogen-bond acceptors (Lipinski definition) is 9. The molecule has 0 radical (unpaired) electrons. The van der Waals surface area contributed by atoms with Gasteiger partial charge >= 0.3 is 7.87 Å². The fourth-order valence-electron chi connectivity index (χ4n) is 4.06. The van der Waals surface area contributed by atoms with Gasteiger partial charge in [-0.15, -0.1) is 4.67 Å². The topological polar surface area (TPSA) is 135 Å². The summed E-state index contributed by atoms with van der Waals surface area (Å²) < 4.78 is 16.2. The van der Waals surface area contributed by atoms with E-state index in [2.05, 4.69) is 21.0 Å². The van der Waals surface area contributed by atoms with Crippen molar-refractivity contribution in [3.8, 4) is 6.07 Å². The molecule has 11 heteroatoms. The van der Waals surface area contributed by atoms with Gasteiger partial charge in [0.2, 0.25) is 0 Å². The summed E-state index contributed by atoms with van der Waals surface area (Å²) in [5, 5.41) is 9.04. The fraction of sp³-hybridized carbons (Fsp3) is 0.684. The molecule has 1 aliphatic rings. The van der Waals surface area contributed by atoms with Crippen molar-refractivity contribution < 1.29 is 14.2 Å². The molecular weight excluding hydrogens is 405 g/mol. The zero-order valence-electron chi connectivity index (χ0n) is 18.0. The molecule has 3 heterocycles. The largest absolute Gasteiger partial charge is 0.382 e. The van der Waals surface area contributed by atoms with E-state index in [4.69, 9.17) is 20.3 Å². The van der Waals surface area contributed by atoms with Crippen molar-refractivity contribution in [1.82, 2.24) is 24.2 Å². The SMILES string of the molecule is CC(C)N(C(C)C)[P+](O)(CCC#N)OC[C@@H]1CC[C@H](n2cnc3c(N)ncnc32)O1. The van der Waals surface area contributed by atoms with E-state index in [0.29, 0.717) is 23.1 Å². The second kappa shape index (κ2) is 9.50. The van der Waals surface area contributed by atoms with Gasteiger partial charge < -0.3 is 10.5 Å². The van der Waals surface area contributed by atoms with E-state index in [0.717, 1.165) is 12.8 Å². The summed E-state index contributed by atoms with van der Waals surface area (Å²) >= 11 is 0. The molecule has 0 spiro atoms. The maximum absolute atomic E-state index is 11.4. The summed E-state index contributed by atoms with van der Waals surface area (Å²) in [6.07, 6.45) is 4.81. The van der Waals surface area contributed by atoms with Crippen LogP contribution in [0.4, 0.5) is 5.82 Å². The lowest BCUT2D eigenvalue weighted by molar-refractivity contribution is -0.0192. The molecule has 0 aromatic carbocycles. The number of imidazole rings is 1. The molecule has 2 aromatic rings. The molecule has 3 atom stereocenters. The average Bonchev–Trinajstić information content (AvgIpc) is 3.31. The lowest BCUT2D eigenvalue weighted by Crippen LogP contribution is -2.39. The van der Waals surface area contributed by atoms with E-state index >= 15 is 0 Å². The molecule has 0 saturated carbocycles. The maximum Gasteiger partial charge on any atom is 0.346 e. The number of anilines is 1. The minimum Gasteiger partial charge on any atom is -0.382 e.